The predicted octanol–water partition coefficient (Wildman–Crippen LogP) is 2.37. The Labute approximate surface area is 133 Å². The van der Waals surface area contributed by atoms with Crippen LogP contribution >= 0.6 is 0 Å². The van der Waals surface area contributed by atoms with Crippen molar-refractivity contribution in [2.75, 3.05) is 13.2 Å². The lowest BCUT2D eigenvalue weighted by Crippen LogP contribution is -2.51. The van der Waals surface area contributed by atoms with E-state index in [1.165, 1.54) is 0 Å². The maximum Gasteiger partial charge on any atom is 0.243 e. The molecule has 1 fully saturated rings. The van der Waals surface area contributed by atoms with Crippen molar-refractivity contribution in [1.82, 2.24) is 4.31 Å². The van der Waals surface area contributed by atoms with Crippen LogP contribution in [0.2, 0.25) is 0 Å². The van der Waals surface area contributed by atoms with Crippen LogP contribution in [-0.2, 0) is 10.0 Å². The van der Waals surface area contributed by atoms with Crippen LogP contribution in [0.4, 0.5) is 0 Å². The molecule has 0 amide bonds. The van der Waals surface area contributed by atoms with E-state index >= 15 is 0 Å². The van der Waals surface area contributed by atoms with Crippen LogP contribution < -0.4 is 10.5 Å². The fourth-order valence-electron chi connectivity index (χ4n) is 2.82. The molecule has 1 saturated heterocycles. The van der Waals surface area contributed by atoms with E-state index in [-0.39, 0.29) is 12.1 Å². The monoisotopic (exact) mass is 326 g/mol. The SMILES string of the molecule is CCCOc1ccc(S(=O)(=O)N2CCCCC2C(C)N)cc1. The molecule has 2 rings (SSSR count). The normalized spacial score (nSPS) is 21.5. The largest absolute Gasteiger partial charge is 0.494 e. The summed E-state index contributed by atoms with van der Waals surface area (Å²) in [6, 6.07) is 6.39. The van der Waals surface area contributed by atoms with E-state index in [1.54, 1.807) is 28.6 Å². The summed E-state index contributed by atoms with van der Waals surface area (Å²) in [6.45, 7) is 5.08. The molecule has 2 unspecified atom stereocenters. The number of hydrogen-bond acceptors (Lipinski definition) is 4. The highest BCUT2D eigenvalue weighted by atomic mass is 32.2. The zero-order chi connectivity index (χ0) is 16.2. The minimum absolute atomic E-state index is 0.116. The molecule has 22 heavy (non-hydrogen) atoms. The van der Waals surface area contributed by atoms with Crippen molar-refractivity contribution in [1.29, 1.82) is 0 Å². The van der Waals surface area contributed by atoms with Crippen molar-refractivity contribution in [2.24, 2.45) is 5.73 Å². The minimum Gasteiger partial charge on any atom is -0.494 e. The lowest BCUT2D eigenvalue weighted by atomic mass is 10.00. The Morgan fingerprint density at radius 1 is 1.32 bits per heavy atom. The molecule has 0 saturated carbocycles. The van der Waals surface area contributed by atoms with Crippen LogP contribution in [0.25, 0.3) is 0 Å². The van der Waals surface area contributed by atoms with Crippen LogP contribution in [0.1, 0.15) is 39.5 Å². The highest BCUT2D eigenvalue weighted by Gasteiger charge is 2.35. The Hall–Kier alpha value is -1.11. The van der Waals surface area contributed by atoms with E-state index in [4.69, 9.17) is 10.5 Å². The van der Waals surface area contributed by atoms with E-state index in [0.717, 1.165) is 25.7 Å². The summed E-state index contributed by atoms with van der Waals surface area (Å²) < 4.78 is 32.8. The first-order valence-electron chi connectivity index (χ1n) is 7.97. The summed E-state index contributed by atoms with van der Waals surface area (Å²) in [4.78, 5) is 0.309. The summed E-state index contributed by atoms with van der Waals surface area (Å²) in [6.07, 6.45) is 3.67. The first kappa shape index (κ1) is 17.2. The maximum atomic E-state index is 12.9. The molecule has 124 valence electrons. The molecule has 0 spiro atoms. The van der Waals surface area contributed by atoms with Crippen molar-refractivity contribution >= 4 is 10.0 Å². The van der Waals surface area contributed by atoms with Crippen LogP contribution in [-0.4, -0.2) is 38.0 Å². The Bertz CT molecular complexity index is 570. The first-order chi connectivity index (χ1) is 10.5. The molecular weight excluding hydrogens is 300 g/mol. The molecule has 1 aliphatic heterocycles. The van der Waals surface area contributed by atoms with Gasteiger partial charge in [-0.25, -0.2) is 8.42 Å². The summed E-state index contributed by atoms with van der Waals surface area (Å²) in [7, 11) is -3.50. The van der Waals surface area contributed by atoms with Gasteiger partial charge in [0.2, 0.25) is 10.0 Å². The molecule has 0 bridgehead atoms. The van der Waals surface area contributed by atoms with Crippen LogP contribution in [0.3, 0.4) is 0 Å². The highest BCUT2D eigenvalue weighted by molar-refractivity contribution is 7.89. The van der Waals surface area contributed by atoms with E-state index in [2.05, 4.69) is 0 Å². The van der Waals surface area contributed by atoms with Gasteiger partial charge in [-0.2, -0.15) is 4.31 Å². The number of nitrogens with zero attached hydrogens (tertiary/aromatic N) is 1. The quantitative estimate of drug-likeness (QED) is 0.871. The third-order valence-electron chi connectivity index (χ3n) is 4.01. The summed E-state index contributed by atoms with van der Waals surface area (Å²) in [5.74, 6) is 0.697. The van der Waals surface area contributed by atoms with Crippen molar-refractivity contribution in [2.45, 2.75) is 56.5 Å². The van der Waals surface area contributed by atoms with Crippen LogP contribution in [0.5, 0.6) is 5.75 Å². The van der Waals surface area contributed by atoms with Gasteiger partial charge in [0, 0.05) is 18.6 Å². The number of piperidine rings is 1. The van der Waals surface area contributed by atoms with Crippen molar-refractivity contribution in [3.05, 3.63) is 24.3 Å². The Morgan fingerprint density at radius 2 is 2.00 bits per heavy atom. The van der Waals surface area contributed by atoms with Gasteiger partial charge in [-0.15, -0.1) is 0 Å². The Morgan fingerprint density at radius 3 is 2.59 bits per heavy atom. The van der Waals surface area contributed by atoms with E-state index in [0.29, 0.717) is 23.8 Å². The smallest absolute Gasteiger partial charge is 0.243 e. The Balaban J connectivity index is 2.21. The molecular formula is C16H26N2O3S. The molecule has 0 radical (unpaired) electrons. The molecule has 1 aromatic carbocycles. The fraction of sp³-hybridized carbons (Fsp3) is 0.625. The number of sulfonamides is 1. The Kier molecular flexibility index (Phi) is 5.83. The van der Waals surface area contributed by atoms with Gasteiger partial charge < -0.3 is 10.5 Å². The molecule has 6 heteroatoms. The molecule has 1 aromatic rings. The molecule has 1 aliphatic rings. The standard InChI is InChI=1S/C16H26N2O3S/c1-3-12-21-14-7-9-15(10-8-14)22(19,20)18-11-5-4-6-16(18)13(2)17/h7-10,13,16H,3-6,11-12,17H2,1-2H3. The van der Waals surface area contributed by atoms with Crippen molar-refractivity contribution in [3.8, 4) is 5.75 Å². The van der Waals surface area contributed by atoms with Crippen LogP contribution in [0, 0.1) is 0 Å². The lowest BCUT2D eigenvalue weighted by Gasteiger charge is -2.36. The fourth-order valence-corrected chi connectivity index (χ4v) is 4.59. The lowest BCUT2D eigenvalue weighted by molar-refractivity contribution is 0.227. The van der Waals surface area contributed by atoms with Gasteiger partial charge in [-0.1, -0.05) is 13.3 Å². The summed E-state index contributed by atoms with van der Waals surface area (Å²) >= 11 is 0. The van der Waals surface area contributed by atoms with Gasteiger partial charge >= 0.3 is 0 Å². The number of ether oxygens (including phenoxy) is 1. The van der Waals surface area contributed by atoms with Crippen molar-refractivity contribution < 1.29 is 13.2 Å². The van der Waals surface area contributed by atoms with E-state index < -0.39 is 10.0 Å². The van der Waals surface area contributed by atoms with Crippen molar-refractivity contribution in [3.63, 3.8) is 0 Å². The van der Waals surface area contributed by atoms with E-state index in [1.807, 2.05) is 13.8 Å². The van der Waals surface area contributed by atoms with Crippen LogP contribution in [0.15, 0.2) is 29.2 Å². The zero-order valence-electron chi connectivity index (χ0n) is 13.4. The third-order valence-corrected chi connectivity index (χ3v) is 5.95. The highest BCUT2D eigenvalue weighted by Crippen LogP contribution is 2.27. The van der Waals surface area contributed by atoms with Gasteiger partial charge in [0.25, 0.3) is 0 Å². The third kappa shape index (κ3) is 3.80. The molecule has 1 heterocycles. The maximum absolute atomic E-state index is 12.9. The number of benzene rings is 1. The van der Waals surface area contributed by atoms with Gasteiger partial charge in [0.15, 0.2) is 0 Å². The second kappa shape index (κ2) is 7.44. The zero-order valence-corrected chi connectivity index (χ0v) is 14.2. The molecule has 2 atom stereocenters. The predicted molar refractivity (Wildman–Crippen MR) is 87.4 cm³/mol. The molecule has 0 aliphatic carbocycles. The summed E-state index contributed by atoms with van der Waals surface area (Å²) in [5, 5.41) is 0. The van der Waals surface area contributed by atoms with Gasteiger partial charge in [0.05, 0.1) is 11.5 Å². The van der Waals surface area contributed by atoms with E-state index in [9.17, 15) is 8.42 Å². The second-order valence-electron chi connectivity index (χ2n) is 5.86. The molecule has 2 N–H and O–H groups in total. The number of hydrogen-bond donors (Lipinski definition) is 1. The molecule has 5 nitrogen and oxygen atoms in total. The van der Waals surface area contributed by atoms with Gasteiger partial charge in [-0.05, 0) is 50.5 Å². The number of rotatable bonds is 6. The first-order valence-corrected chi connectivity index (χ1v) is 9.41. The minimum atomic E-state index is -3.50. The van der Waals surface area contributed by atoms with Gasteiger partial charge in [0.1, 0.15) is 5.75 Å². The summed E-state index contributed by atoms with van der Waals surface area (Å²) in [5.41, 5.74) is 5.99. The molecule has 0 aromatic heterocycles. The topological polar surface area (TPSA) is 72.6 Å². The average Bonchev–Trinajstić information content (AvgIpc) is 2.53. The van der Waals surface area contributed by atoms with Gasteiger partial charge in [-0.3, -0.25) is 0 Å². The number of nitrogens with two attached hydrogens (primary N) is 1. The second-order valence-corrected chi connectivity index (χ2v) is 7.75. The average molecular weight is 326 g/mol.